The maximum Gasteiger partial charge on any atom is 0.329 e. The third-order valence-corrected chi connectivity index (χ3v) is 5.03. The number of hydrogen-bond acceptors (Lipinski definition) is 11. The van der Waals surface area contributed by atoms with E-state index in [4.69, 9.17) is 47.7 Å². The van der Waals surface area contributed by atoms with Crippen LogP contribution in [0.15, 0.2) is 0 Å². The molecule has 12 heteroatoms. The second-order valence-electron chi connectivity index (χ2n) is 8.15. The molecule has 0 aromatic carbocycles. The Kier molecular flexibility index (Phi) is 29.1. The fourth-order valence-electron chi connectivity index (χ4n) is 2.96. The van der Waals surface area contributed by atoms with E-state index in [2.05, 4.69) is 6.92 Å². The normalized spacial score (nSPS) is 12.1. The molecular weight excluding hydrogens is 504 g/mol. The molecule has 0 saturated heterocycles. The van der Waals surface area contributed by atoms with Crippen molar-refractivity contribution in [1.29, 1.82) is 0 Å². The van der Waals surface area contributed by atoms with E-state index in [0.29, 0.717) is 92.5 Å². The van der Waals surface area contributed by atoms with Crippen molar-refractivity contribution in [3.8, 4) is 0 Å². The van der Waals surface area contributed by atoms with Gasteiger partial charge in [-0.2, -0.15) is 0 Å². The van der Waals surface area contributed by atoms with Gasteiger partial charge in [0.1, 0.15) is 13.2 Å². The Bertz CT molecular complexity index is 520. The van der Waals surface area contributed by atoms with Crippen LogP contribution >= 0.6 is 0 Å². The summed E-state index contributed by atoms with van der Waals surface area (Å²) in [6.45, 7) is 10.5. The Balaban J connectivity index is 3.17. The van der Waals surface area contributed by atoms with Gasteiger partial charge in [0, 0.05) is 0 Å². The lowest BCUT2D eigenvalue weighted by atomic mass is 10.00. The van der Waals surface area contributed by atoms with Gasteiger partial charge in [0.15, 0.2) is 0 Å². The van der Waals surface area contributed by atoms with Gasteiger partial charge in [-0.1, -0.05) is 26.7 Å². The van der Waals surface area contributed by atoms with E-state index in [9.17, 15) is 9.59 Å². The van der Waals surface area contributed by atoms with E-state index in [0.717, 1.165) is 25.7 Å². The third kappa shape index (κ3) is 27.6. The van der Waals surface area contributed by atoms with E-state index in [1.807, 2.05) is 6.92 Å². The molecule has 1 unspecified atom stereocenters. The van der Waals surface area contributed by atoms with Crippen molar-refractivity contribution >= 4 is 11.9 Å². The molecule has 0 heterocycles. The van der Waals surface area contributed by atoms with Crippen LogP contribution in [0.1, 0.15) is 39.5 Å². The van der Waals surface area contributed by atoms with Crippen molar-refractivity contribution in [2.24, 2.45) is 5.92 Å². The summed E-state index contributed by atoms with van der Waals surface area (Å²) in [5.74, 6) is -1.13. The van der Waals surface area contributed by atoms with Gasteiger partial charge in [-0.05, 0) is 12.8 Å². The molecular formula is C26H50O12. The standard InChI is InChI=1S/C26H50O12/c1-3-5-6-24(4-2)26(29)38-22-21-36-18-17-34-14-13-32-10-9-30-7-8-31-11-12-33-15-16-35-19-20-37-23-25(27)28/h24H,3-23H2,1-2H3,(H,27,28). The van der Waals surface area contributed by atoms with Crippen molar-refractivity contribution in [2.45, 2.75) is 39.5 Å². The van der Waals surface area contributed by atoms with Crippen LogP contribution in [0, 0.1) is 5.92 Å². The maximum atomic E-state index is 12.0. The van der Waals surface area contributed by atoms with Crippen LogP contribution in [0.2, 0.25) is 0 Å². The van der Waals surface area contributed by atoms with E-state index in [-0.39, 0.29) is 31.7 Å². The molecule has 0 spiro atoms. The van der Waals surface area contributed by atoms with Gasteiger partial charge < -0.3 is 47.7 Å². The SMILES string of the molecule is CCCCC(CC)C(=O)OCCOCCOCCOCCOCCOCCOCCOCCOCC(=O)O. The smallest absolute Gasteiger partial charge is 0.329 e. The minimum absolute atomic E-state index is 0.00666. The molecule has 12 nitrogen and oxygen atoms in total. The topological polar surface area (TPSA) is 137 Å². The van der Waals surface area contributed by atoms with Crippen molar-refractivity contribution in [3.63, 3.8) is 0 Å². The Morgan fingerprint density at radius 2 is 0.895 bits per heavy atom. The number of ether oxygens (including phenoxy) is 9. The minimum atomic E-state index is -0.997. The lowest BCUT2D eigenvalue weighted by Crippen LogP contribution is -2.20. The van der Waals surface area contributed by atoms with Crippen LogP contribution in [0.5, 0.6) is 0 Å². The fourth-order valence-corrected chi connectivity index (χ4v) is 2.96. The van der Waals surface area contributed by atoms with Crippen molar-refractivity contribution < 1.29 is 57.3 Å². The quantitative estimate of drug-likeness (QED) is 0.0990. The first-order valence-electron chi connectivity index (χ1n) is 13.6. The minimum Gasteiger partial charge on any atom is -0.480 e. The van der Waals surface area contributed by atoms with Crippen LogP contribution in [-0.4, -0.2) is 129 Å². The van der Waals surface area contributed by atoms with E-state index >= 15 is 0 Å². The first kappa shape index (κ1) is 36.6. The maximum absolute atomic E-state index is 12.0. The molecule has 0 fully saturated rings. The molecule has 0 amide bonds. The van der Waals surface area contributed by atoms with Crippen LogP contribution in [-0.2, 0) is 52.2 Å². The number of esters is 1. The summed E-state index contributed by atoms with van der Waals surface area (Å²) < 4.78 is 47.8. The lowest BCUT2D eigenvalue weighted by molar-refractivity contribution is -0.150. The average molecular weight is 555 g/mol. The van der Waals surface area contributed by atoms with Gasteiger partial charge in [-0.15, -0.1) is 0 Å². The zero-order valence-electron chi connectivity index (χ0n) is 23.4. The van der Waals surface area contributed by atoms with Crippen LogP contribution < -0.4 is 0 Å². The van der Waals surface area contributed by atoms with E-state index in [1.54, 1.807) is 0 Å². The van der Waals surface area contributed by atoms with Crippen LogP contribution in [0.3, 0.4) is 0 Å². The molecule has 1 atom stereocenters. The first-order chi connectivity index (χ1) is 18.6. The number of hydrogen-bond donors (Lipinski definition) is 1. The number of aliphatic carboxylic acids is 1. The zero-order valence-corrected chi connectivity index (χ0v) is 23.4. The fraction of sp³-hybridized carbons (Fsp3) is 0.923. The molecule has 0 aromatic rings. The van der Waals surface area contributed by atoms with Gasteiger partial charge in [0.2, 0.25) is 0 Å². The first-order valence-corrected chi connectivity index (χ1v) is 13.6. The third-order valence-electron chi connectivity index (χ3n) is 5.03. The molecule has 0 aliphatic rings. The summed E-state index contributed by atoms with van der Waals surface area (Å²) in [6.07, 6.45) is 3.82. The highest BCUT2D eigenvalue weighted by molar-refractivity contribution is 5.72. The molecule has 0 rings (SSSR count). The predicted molar refractivity (Wildman–Crippen MR) is 138 cm³/mol. The van der Waals surface area contributed by atoms with Crippen LogP contribution in [0.4, 0.5) is 0 Å². The highest BCUT2D eigenvalue weighted by atomic mass is 16.6. The van der Waals surface area contributed by atoms with E-state index in [1.165, 1.54) is 0 Å². The molecule has 0 bridgehead atoms. The summed E-state index contributed by atoms with van der Waals surface area (Å²) in [7, 11) is 0. The predicted octanol–water partition coefficient (Wildman–Crippen LogP) is 1.96. The second-order valence-corrected chi connectivity index (χ2v) is 8.15. The highest BCUT2D eigenvalue weighted by Gasteiger charge is 2.16. The molecule has 1 N–H and O–H groups in total. The largest absolute Gasteiger partial charge is 0.480 e. The van der Waals surface area contributed by atoms with Gasteiger partial charge in [0.25, 0.3) is 0 Å². The Hall–Kier alpha value is -1.38. The van der Waals surface area contributed by atoms with Crippen molar-refractivity contribution in [3.05, 3.63) is 0 Å². The average Bonchev–Trinajstić information content (AvgIpc) is 2.90. The Morgan fingerprint density at radius 1 is 0.553 bits per heavy atom. The monoisotopic (exact) mass is 554 g/mol. The van der Waals surface area contributed by atoms with Gasteiger partial charge in [-0.25, -0.2) is 4.79 Å². The molecule has 0 saturated carbocycles. The van der Waals surface area contributed by atoms with Crippen molar-refractivity contribution in [1.82, 2.24) is 0 Å². The summed E-state index contributed by atoms with van der Waals surface area (Å²) >= 11 is 0. The summed E-state index contributed by atoms with van der Waals surface area (Å²) in [4.78, 5) is 22.2. The summed E-state index contributed by atoms with van der Waals surface area (Å²) in [6, 6.07) is 0. The number of unbranched alkanes of at least 4 members (excludes halogenated alkanes) is 1. The lowest BCUT2D eigenvalue weighted by Gasteiger charge is -2.13. The van der Waals surface area contributed by atoms with E-state index < -0.39 is 5.97 Å². The molecule has 0 radical (unpaired) electrons. The number of carboxylic acids is 1. The Labute approximate surface area is 227 Å². The Morgan fingerprint density at radius 3 is 1.21 bits per heavy atom. The molecule has 0 aromatic heterocycles. The summed E-state index contributed by atoms with van der Waals surface area (Å²) in [5.41, 5.74) is 0. The molecule has 0 aliphatic carbocycles. The number of carbonyl (C=O) groups excluding carboxylic acids is 1. The molecule has 38 heavy (non-hydrogen) atoms. The number of carbonyl (C=O) groups is 2. The number of rotatable bonds is 31. The van der Waals surface area contributed by atoms with Gasteiger partial charge >= 0.3 is 11.9 Å². The zero-order chi connectivity index (χ0) is 27.9. The summed E-state index contributed by atoms with van der Waals surface area (Å²) in [5, 5.41) is 8.41. The van der Waals surface area contributed by atoms with Crippen LogP contribution in [0.25, 0.3) is 0 Å². The number of carboxylic acid groups (broad SMARTS) is 1. The molecule has 0 aliphatic heterocycles. The van der Waals surface area contributed by atoms with Crippen molar-refractivity contribution in [2.75, 3.05) is 112 Å². The molecule has 226 valence electrons. The second kappa shape index (κ2) is 30.2. The highest BCUT2D eigenvalue weighted by Crippen LogP contribution is 2.14. The van der Waals surface area contributed by atoms with Gasteiger partial charge in [-0.3, -0.25) is 4.79 Å². The van der Waals surface area contributed by atoms with Gasteiger partial charge in [0.05, 0.1) is 105 Å².